The topological polar surface area (TPSA) is 67.8 Å². The Hall–Kier alpha value is -2.14. The van der Waals surface area contributed by atoms with Gasteiger partial charge in [-0.1, -0.05) is 61.8 Å². The summed E-state index contributed by atoms with van der Waals surface area (Å²) in [5.41, 5.74) is 7.64. The third-order valence-corrected chi connectivity index (χ3v) is 8.29. The molecule has 0 saturated carbocycles. The third-order valence-electron chi connectivity index (χ3n) is 6.46. The van der Waals surface area contributed by atoms with Crippen LogP contribution >= 0.6 is 19.3 Å². The molecule has 2 N–H and O–H groups in total. The van der Waals surface area contributed by atoms with Gasteiger partial charge in [-0.3, -0.25) is 9.05 Å². The molecule has 1 fully saturated rings. The maximum Gasteiger partial charge on any atom is 0.406 e. The van der Waals surface area contributed by atoms with Crippen molar-refractivity contribution >= 4 is 19.3 Å². The van der Waals surface area contributed by atoms with Gasteiger partial charge in [0, 0.05) is 18.0 Å². The second-order valence-corrected chi connectivity index (χ2v) is 11.8. The average molecular weight is 514 g/mol. The molecule has 1 aliphatic rings. The lowest BCUT2D eigenvalue weighted by molar-refractivity contribution is 0.0755. The fraction of sp³-hybridized carbons (Fsp3) is 0.357. The van der Waals surface area contributed by atoms with Gasteiger partial charge in [-0.25, -0.2) is 9.65 Å². The van der Waals surface area contributed by atoms with Gasteiger partial charge in [0.15, 0.2) is 0 Å². The summed E-state index contributed by atoms with van der Waals surface area (Å²) in [7, 11) is -3.45. The lowest BCUT2D eigenvalue weighted by atomic mass is 9.92. The number of nitrogens with one attached hydrogen (secondary N) is 1. The molecule has 0 amide bonds. The maximum absolute atomic E-state index is 13.3. The highest BCUT2D eigenvalue weighted by Gasteiger charge is 2.34. The van der Waals surface area contributed by atoms with Crippen molar-refractivity contribution in [3.63, 3.8) is 0 Å². The van der Waals surface area contributed by atoms with Crippen LogP contribution in [0.2, 0.25) is 5.02 Å². The molecule has 5 nitrogen and oxygen atoms in total. The number of phenolic OH excluding ortho intramolecular Hbond substituents is 1. The van der Waals surface area contributed by atoms with Crippen molar-refractivity contribution in [2.45, 2.75) is 59.1 Å². The minimum absolute atomic E-state index is 0.260. The average Bonchev–Trinajstić information content (AvgIpc) is 2.81. The minimum atomic E-state index is -3.45. The monoisotopic (exact) mass is 513 g/mol. The van der Waals surface area contributed by atoms with E-state index in [1.54, 1.807) is 12.1 Å². The predicted octanol–water partition coefficient (Wildman–Crippen LogP) is 7.75. The van der Waals surface area contributed by atoms with Crippen LogP contribution in [-0.2, 0) is 26.6 Å². The molecule has 1 heterocycles. The lowest BCUT2D eigenvalue weighted by Crippen LogP contribution is -2.22. The summed E-state index contributed by atoms with van der Waals surface area (Å²) in [6.45, 7) is 9.08. The molecule has 0 unspecified atom stereocenters. The van der Waals surface area contributed by atoms with Crippen LogP contribution in [0.25, 0.3) is 0 Å². The van der Waals surface area contributed by atoms with Crippen molar-refractivity contribution in [2.75, 3.05) is 6.61 Å². The second kappa shape index (κ2) is 10.9. The Balaban J connectivity index is 1.45. The highest BCUT2D eigenvalue weighted by Crippen LogP contribution is 2.53. The summed E-state index contributed by atoms with van der Waals surface area (Å²) in [6, 6.07) is 17.5. The van der Waals surface area contributed by atoms with Crippen LogP contribution < -0.4 is 5.09 Å². The quantitative estimate of drug-likeness (QED) is 0.316. The fourth-order valence-electron chi connectivity index (χ4n) is 4.58. The van der Waals surface area contributed by atoms with Gasteiger partial charge >= 0.3 is 7.75 Å². The fourth-order valence-corrected chi connectivity index (χ4v) is 6.29. The molecule has 1 saturated heterocycles. The first-order valence-electron chi connectivity index (χ1n) is 12.0. The van der Waals surface area contributed by atoms with Crippen LogP contribution in [0.15, 0.2) is 54.6 Å². The Morgan fingerprint density at radius 2 is 1.83 bits per heavy atom. The number of hydrogen-bond donors (Lipinski definition) is 2. The SMILES string of the molecule is Cc1cc(CN[P@@]2(=O)OCC[C@@H](c3cccc(Cl)c3)O2)cc(C)c1Cc1ccc(O)c(C(C)C)c1. The second-order valence-electron chi connectivity index (χ2n) is 9.54. The summed E-state index contributed by atoms with van der Waals surface area (Å²) >= 11 is 6.12. The van der Waals surface area contributed by atoms with Gasteiger partial charge in [0.25, 0.3) is 0 Å². The summed E-state index contributed by atoms with van der Waals surface area (Å²) in [5, 5.41) is 13.8. The predicted molar refractivity (Wildman–Crippen MR) is 141 cm³/mol. The van der Waals surface area contributed by atoms with Crippen LogP contribution in [0.1, 0.15) is 71.2 Å². The summed E-state index contributed by atoms with van der Waals surface area (Å²) < 4.78 is 24.7. The van der Waals surface area contributed by atoms with Crippen LogP contribution in [0.4, 0.5) is 0 Å². The third kappa shape index (κ3) is 6.35. The van der Waals surface area contributed by atoms with Gasteiger partial charge < -0.3 is 5.11 Å². The van der Waals surface area contributed by atoms with E-state index in [4.69, 9.17) is 20.6 Å². The molecule has 0 aliphatic carbocycles. The molecule has 0 bridgehead atoms. The number of rotatable bonds is 7. The zero-order valence-corrected chi connectivity index (χ0v) is 22.3. The van der Waals surface area contributed by atoms with Crippen LogP contribution in [0.3, 0.4) is 0 Å². The number of hydrogen-bond acceptors (Lipinski definition) is 4. The van der Waals surface area contributed by atoms with E-state index in [1.807, 2.05) is 24.3 Å². The van der Waals surface area contributed by atoms with Crippen LogP contribution in [0, 0.1) is 13.8 Å². The van der Waals surface area contributed by atoms with Crippen molar-refractivity contribution in [1.82, 2.24) is 5.09 Å². The van der Waals surface area contributed by atoms with Gasteiger partial charge in [-0.05, 0) is 83.3 Å². The molecule has 0 radical (unpaired) electrons. The van der Waals surface area contributed by atoms with E-state index in [1.165, 1.54) is 22.3 Å². The zero-order valence-electron chi connectivity index (χ0n) is 20.7. The molecule has 186 valence electrons. The number of aryl methyl sites for hydroxylation is 2. The Labute approximate surface area is 213 Å². The van der Waals surface area contributed by atoms with Gasteiger partial charge in [0.2, 0.25) is 0 Å². The van der Waals surface area contributed by atoms with E-state index in [-0.39, 0.29) is 12.0 Å². The maximum atomic E-state index is 13.3. The molecule has 0 spiro atoms. The summed E-state index contributed by atoms with van der Waals surface area (Å²) in [6.07, 6.45) is 1.08. The van der Waals surface area contributed by atoms with Crippen molar-refractivity contribution < 1.29 is 18.7 Å². The molecule has 3 aromatic carbocycles. The van der Waals surface area contributed by atoms with Crippen LogP contribution in [0.5, 0.6) is 5.75 Å². The Kier molecular flexibility index (Phi) is 8.05. The first-order chi connectivity index (χ1) is 16.6. The van der Waals surface area contributed by atoms with Gasteiger partial charge in [0.05, 0.1) is 12.7 Å². The van der Waals surface area contributed by atoms with Crippen molar-refractivity contribution in [2.24, 2.45) is 0 Å². The Bertz CT molecular complexity index is 1240. The van der Waals surface area contributed by atoms with Gasteiger partial charge in [0.1, 0.15) is 5.75 Å². The minimum Gasteiger partial charge on any atom is -0.508 e. The standard InChI is InChI=1S/C28H33ClNO4P/c1-18(2)25-14-21(8-9-27(25)31)15-26-19(3)12-22(13-20(26)4)17-30-35(32)33-11-10-28(34-35)23-6-5-7-24(29)16-23/h5-9,12-14,16,18,28,31H,10-11,15,17H2,1-4H3,(H,30,32)/t28-,35+/m0/s1. The Morgan fingerprint density at radius 1 is 1.09 bits per heavy atom. The molecule has 7 heteroatoms. The first kappa shape index (κ1) is 25.9. The van der Waals surface area contributed by atoms with E-state index in [9.17, 15) is 9.67 Å². The van der Waals surface area contributed by atoms with E-state index < -0.39 is 7.75 Å². The number of phenols is 1. The van der Waals surface area contributed by atoms with Crippen molar-refractivity contribution in [3.8, 4) is 5.75 Å². The Morgan fingerprint density at radius 3 is 2.51 bits per heavy atom. The summed E-state index contributed by atoms with van der Waals surface area (Å²) in [4.78, 5) is 0. The molecule has 1 aliphatic heterocycles. The molecule has 3 aromatic rings. The van der Waals surface area contributed by atoms with E-state index in [0.717, 1.165) is 23.1 Å². The van der Waals surface area contributed by atoms with E-state index >= 15 is 0 Å². The van der Waals surface area contributed by atoms with Gasteiger partial charge in [-0.15, -0.1) is 0 Å². The van der Waals surface area contributed by atoms with E-state index in [0.29, 0.717) is 30.3 Å². The molecular formula is C28H33ClNO4P. The van der Waals surface area contributed by atoms with Crippen molar-refractivity contribution in [1.29, 1.82) is 0 Å². The number of halogens is 1. The zero-order chi connectivity index (χ0) is 25.2. The first-order valence-corrected chi connectivity index (χ1v) is 13.9. The molecule has 4 rings (SSSR count). The highest BCUT2D eigenvalue weighted by atomic mass is 35.5. The largest absolute Gasteiger partial charge is 0.508 e. The lowest BCUT2D eigenvalue weighted by Gasteiger charge is -2.30. The number of aromatic hydroxyl groups is 1. The normalized spacial score (nSPS) is 20.3. The summed E-state index contributed by atoms with van der Waals surface area (Å²) in [5.74, 6) is 0.606. The highest BCUT2D eigenvalue weighted by molar-refractivity contribution is 7.51. The van der Waals surface area contributed by atoms with Crippen molar-refractivity contribution in [3.05, 3.63) is 98.6 Å². The smallest absolute Gasteiger partial charge is 0.406 e. The molecule has 2 atom stereocenters. The number of benzene rings is 3. The molecule has 35 heavy (non-hydrogen) atoms. The van der Waals surface area contributed by atoms with Gasteiger partial charge in [-0.2, -0.15) is 0 Å². The van der Waals surface area contributed by atoms with E-state index in [2.05, 4.69) is 51.0 Å². The molecular weight excluding hydrogens is 481 g/mol. The van der Waals surface area contributed by atoms with Crippen LogP contribution in [-0.4, -0.2) is 11.7 Å². The molecule has 0 aromatic heterocycles.